The number of aromatic nitrogens is 1. The molecule has 1 aliphatic heterocycles. The molecule has 0 amide bonds. The molecule has 1 atom stereocenters. The Kier molecular flexibility index (Phi) is 3.14. The lowest BCUT2D eigenvalue weighted by molar-refractivity contribution is 0.714. The average molecular weight is 209 g/mol. The molecule has 0 saturated carbocycles. The summed E-state index contributed by atoms with van der Waals surface area (Å²) < 4.78 is 0. The van der Waals surface area contributed by atoms with E-state index < -0.39 is 0 Å². The number of thioether (sulfide) groups is 1. The monoisotopic (exact) mass is 209 g/mol. The Morgan fingerprint density at radius 3 is 3.43 bits per heavy atom. The predicted octanol–water partition coefficient (Wildman–Crippen LogP) is 2.04. The number of rotatable bonds is 3. The molecule has 0 radical (unpaired) electrons. The summed E-state index contributed by atoms with van der Waals surface area (Å²) in [6.45, 7) is 0.999. The summed E-state index contributed by atoms with van der Waals surface area (Å²) in [4.78, 5) is 4.30. The molecule has 3 nitrogen and oxygen atoms in total. The van der Waals surface area contributed by atoms with Gasteiger partial charge in [-0.1, -0.05) is 0 Å². The zero-order chi connectivity index (χ0) is 9.80. The van der Waals surface area contributed by atoms with Crippen molar-refractivity contribution in [3.63, 3.8) is 0 Å². The Morgan fingerprint density at radius 1 is 1.64 bits per heavy atom. The fourth-order valence-corrected chi connectivity index (χ4v) is 2.10. The molecule has 0 aliphatic carbocycles. The molecule has 0 fully saturated rings. The highest BCUT2D eigenvalue weighted by atomic mass is 32.2. The topological polar surface area (TPSA) is 37.0 Å². The molecular weight excluding hydrogens is 194 g/mol. The third-order valence-electron chi connectivity index (χ3n) is 2.36. The van der Waals surface area contributed by atoms with Crippen LogP contribution in [0, 0.1) is 0 Å². The first-order chi connectivity index (χ1) is 6.90. The van der Waals surface area contributed by atoms with Crippen LogP contribution < -0.4 is 10.6 Å². The number of fused-ring (bicyclic) bond motifs is 1. The first-order valence-corrected chi connectivity index (χ1v) is 6.24. The molecule has 2 heterocycles. The molecule has 1 aromatic heterocycles. The highest BCUT2D eigenvalue weighted by Gasteiger charge is 2.16. The van der Waals surface area contributed by atoms with Gasteiger partial charge in [0.1, 0.15) is 5.82 Å². The van der Waals surface area contributed by atoms with E-state index in [1.807, 2.05) is 24.0 Å². The van der Waals surface area contributed by atoms with Crippen molar-refractivity contribution in [1.29, 1.82) is 0 Å². The van der Waals surface area contributed by atoms with E-state index in [2.05, 4.69) is 27.9 Å². The standard InChI is InChI=1S/C10H15N3S/c1-14-6-4-8-7-12-9-3-2-5-11-10(9)13-8/h2-3,5,8,12H,4,6-7H2,1H3,(H,11,13). The molecule has 0 spiro atoms. The third kappa shape index (κ3) is 2.12. The maximum atomic E-state index is 4.30. The molecule has 0 saturated heterocycles. The van der Waals surface area contributed by atoms with Gasteiger partial charge in [0.15, 0.2) is 0 Å². The third-order valence-corrected chi connectivity index (χ3v) is 3.00. The number of hydrogen-bond donors (Lipinski definition) is 2. The average Bonchev–Trinajstić information content (AvgIpc) is 2.26. The van der Waals surface area contributed by atoms with Crippen LogP contribution in [0.2, 0.25) is 0 Å². The van der Waals surface area contributed by atoms with Gasteiger partial charge in [-0.05, 0) is 30.6 Å². The number of nitrogens with one attached hydrogen (secondary N) is 2. The maximum absolute atomic E-state index is 4.30. The van der Waals surface area contributed by atoms with Gasteiger partial charge < -0.3 is 10.6 Å². The van der Waals surface area contributed by atoms with Gasteiger partial charge in [0, 0.05) is 18.8 Å². The highest BCUT2D eigenvalue weighted by molar-refractivity contribution is 7.98. The van der Waals surface area contributed by atoms with Crippen LogP contribution in [-0.2, 0) is 0 Å². The Balaban J connectivity index is 1.99. The summed E-state index contributed by atoms with van der Waals surface area (Å²) in [5.41, 5.74) is 1.12. The Bertz CT molecular complexity index is 303. The van der Waals surface area contributed by atoms with Crippen molar-refractivity contribution in [2.24, 2.45) is 0 Å². The lowest BCUT2D eigenvalue weighted by atomic mass is 10.1. The van der Waals surface area contributed by atoms with Gasteiger partial charge in [0.2, 0.25) is 0 Å². The van der Waals surface area contributed by atoms with E-state index in [4.69, 9.17) is 0 Å². The molecule has 1 unspecified atom stereocenters. The molecule has 0 bridgehead atoms. The van der Waals surface area contributed by atoms with E-state index in [-0.39, 0.29) is 0 Å². The summed E-state index contributed by atoms with van der Waals surface area (Å²) in [7, 11) is 0. The van der Waals surface area contributed by atoms with Gasteiger partial charge in [-0.15, -0.1) is 0 Å². The first-order valence-electron chi connectivity index (χ1n) is 4.84. The van der Waals surface area contributed by atoms with E-state index in [1.165, 1.54) is 12.2 Å². The molecule has 2 rings (SSSR count). The molecular formula is C10H15N3S. The second-order valence-electron chi connectivity index (χ2n) is 3.40. The molecule has 2 N–H and O–H groups in total. The molecule has 0 aromatic carbocycles. The predicted molar refractivity (Wildman–Crippen MR) is 63.1 cm³/mol. The Hall–Kier alpha value is -0.900. The van der Waals surface area contributed by atoms with Crippen molar-refractivity contribution in [3.05, 3.63) is 18.3 Å². The Labute approximate surface area is 88.7 Å². The normalized spacial score (nSPS) is 19.4. The zero-order valence-electron chi connectivity index (χ0n) is 8.29. The molecule has 4 heteroatoms. The lowest BCUT2D eigenvalue weighted by Crippen LogP contribution is -2.33. The van der Waals surface area contributed by atoms with Gasteiger partial charge in [-0.2, -0.15) is 11.8 Å². The van der Waals surface area contributed by atoms with Gasteiger partial charge in [-0.25, -0.2) is 4.98 Å². The van der Waals surface area contributed by atoms with Crippen LogP contribution >= 0.6 is 11.8 Å². The second kappa shape index (κ2) is 4.55. The van der Waals surface area contributed by atoms with Gasteiger partial charge in [0.25, 0.3) is 0 Å². The second-order valence-corrected chi connectivity index (χ2v) is 4.39. The molecule has 1 aromatic rings. The molecule has 76 valence electrons. The van der Waals surface area contributed by atoms with E-state index >= 15 is 0 Å². The molecule has 1 aliphatic rings. The quantitative estimate of drug-likeness (QED) is 0.799. The van der Waals surface area contributed by atoms with Crippen molar-refractivity contribution in [3.8, 4) is 0 Å². The minimum atomic E-state index is 0.518. The van der Waals surface area contributed by atoms with Gasteiger partial charge >= 0.3 is 0 Å². The number of pyridine rings is 1. The zero-order valence-corrected chi connectivity index (χ0v) is 9.10. The smallest absolute Gasteiger partial charge is 0.149 e. The summed E-state index contributed by atoms with van der Waals surface area (Å²) in [6, 6.07) is 4.53. The van der Waals surface area contributed by atoms with Crippen LogP contribution in [0.15, 0.2) is 18.3 Å². The SMILES string of the molecule is CSCCC1CNc2cccnc2N1. The summed E-state index contributed by atoms with van der Waals surface area (Å²) >= 11 is 1.89. The number of anilines is 2. The number of nitrogens with zero attached hydrogens (tertiary/aromatic N) is 1. The summed E-state index contributed by atoms with van der Waals surface area (Å²) in [5.74, 6) is 2.19. The van der Waals surface area contributed by atoms with Crippen LogP contribution in [0.5, 0.6) is 0 Å². The van der Waals surface area contributed by atoms with Crippen LogP contribution in [0.25, 0.3) is 0 Å². The van der Waals surface area contributed by atoms with Crippen LogP contribution in [-0.4, -0.2) is 29.6 Å². The van der Waals surface area contributed by atoms with Crippen LogP contribution in [0.3, 0.4) is 0 Å². The van der Waals surface area contributed by atoms with Crippen molar-refractivity contribution in [1.82, 2.24) is 4.98 Å². The fraction of sp³-hybridized carbons (Fsp3) is 0.500. The van der Waals surface area contributed by atoms with Crippen molar-refractivity contribution in [2.75, 3.05) is 29.2 Å². The van der Waals surface area contributed by atoms with E-state index in [9.17, 15) is 0 Å². The number of hydrogen-bond acceptors (Lipinski definition) is 4. The van der Waals surface area contributed by atoms with Crippen LogP contribution in [0.4, 0.5) is 11.5 Å². The lowest BCUT2D eigenvalue weighted by Gasteiger charge is -2.27. The minimum Gasteiger partial charge on any atom is -0.380 e. The molecule has 14 heavy (non-hydrogen) atoms. The van der Waals surface area contributed by atoms with E-state index in [1.54, 1.807) is 0 Å². The summed E-state index contributed by atoms with van der Waals surface area (Å²) in [6.07, 6.45) is 5.15. The van der Waals surface area contributed by atoms with E-state index in [0.29, 0.717) is 6.04 Å². The van der Waals surface area contributed by atoms with Crippen molar-refractivity contribution < 1.29 is 0 Å². The van der Waals surface area contributed by atoms with Crippen molar-refractivity contribution >= 4 is 23.3 Å². The van der Waals surface area contributed by atoms with E-state index in [0.717, 1.165) is 18.1 Å². The fourth-order valence-electron chi connectivity index (χ4n) is 1.57. The largest absolute Gasteiger partial charge is 0.380 e. The van der Waals surface area contributed by atoms with Gasteiger partial charge in [0.05, 0.1) is 5.69 Å². The summed E-state index contributed by atoms with van der Waals surface area (Å²) in [5, 5.41) is 6.83. The Morgan fingerprint density at radius 2 is 2.57 bits per heavy atom. The first kappa shape index (κ1) is 9.65. The van der Waals surface area contributed by atoms with Crippen molar-refractivity contribution in [2.45, 2.75) is 12.5 Å². The van der Waals surface area contributed by atoms with Gasteiger partial charge in [-0.3, -0.25) is 0 Å². The minimum absolute atomic E-state index is 0.518. The van der Waals surface area contributed by atoms with Crippen LogP contribution in [0.1, 0.15) is 6.42 Å². The highest BCUT2D eigenvalue weighted by Crippen LogP contribution is 2.23. The maximum Gasteiger partial charge on any atom is 0.149 e.